The average Bonchev–Trinajstić information content (AvgIpc) is 2.78. The van der Waals surface area contributed by atoms with E-state index in [4.69, 9.17) is 12.2 Å². The molecule has 3 aromatic carbocycles. The Kier molecular flexibility index (Phi) is 6.46. The van der Waals surface area contributed by atoms with Gasteiger partial charge in [0.15, 0.2) is 5.11 Å². The van der Waals surface area contributed by atoms with Crippen LogP contribution in [0.15, 0.2) is 78.9 Å². The molecule has 0 atom stereocenters. The van der Waals surface area contributed by atoms with Crippen LogP contribution in [0, 0.1) is 13.8 Å². The van der Waals surface area contributed by atoms with Crippen molar-refractivity contribution in [1.29, 1.82) is 0 Å². The molecule has 0 radical (unpaired) electrons. The predicted octanol–water partition coefficient (Wildman–Crippen LogP) is 5.41. The third kappa shape index (κ3) is 4.72. The van der Waals surface area contributed by atoms with Gasteiger partial charge in [0.1, 0.15) is 0 Å². The summed E-state index contributed by atoms with van der Waals surface area (Å²) in [7, 11) is 0. The van der Waals surface area contributed by atoms with E-state index in [1.54, 1.807) is 0 Å². The second-order valence-electron chi connectivity index (χ2n) is 8.00. The molecular formula is C26H29N3S. The third-order valence-electron chi connectivity index (χ3n) is 5.82. The lowest BCUT2D eigenvalue weighted by Crippen LogP contribution is -2.51. The van der Waals surface area contributed by atoms with E-state index in [1.807, 2.05) is 0 Å². The summed E-state index contributed by atoms with van der Waals surface area (Å²) in [5.74, 6) is 0. The monoisotopic (exact) mass is 415 g/mol. The van der Waals surface area contributed by atoms with E-state index >= 15 is 0 Å². The number of thiocarbonyl (C=S) groups is 1. The molecule has 3 nitrogen and oxygen atoms in total. The molecule has 0 unspecified atom stereocenters. The highest BCUT2D eigenvalue weighted by molar-refractivity contribution is 7.80. The molecule has 1 N–H and O–H groups in total. The molecule has 0 bridgehead atoms. The third-order valence-corrected chi connectivity index (χ3v) is 6.18. The normalized spacial score (nSPS) is 14.7. The first-order chi connectivity index (χ1) is 14.6. The molecule has 0 amide bonds. The van der Waals surface area contributed by atoms with Gasteiger partial charge in [0, 0.05) is 31.9 Å². The first kappa shape index (κ1) is 20.6. The highest BCUT2D eigenvalue weighted by Gasteiger charge is 2.27. The van der Waals surface area contributed by atoms with Gasteiger partial charge in [-0.3, -0.25) is 4.90 Å². The fraction of sp³-hybridized carbons (Fsp3) is 0.269. The van der Waals surface area contributed by atoms with Crippen LogP contribution in [0.5, 0.6) is 0 Å². The van der Waals surface area contributed by atoms with Crippen LogP contribution in [0.1, 0.15) is 28.3 Å². The highest BCUT2D eigenvalue weighted by atomic mass is 32.1. The van der Waals surface area contributed by atoms with E-state index in [1.165, 1.54) is 22.3 Å². The topological polar surface area (TPSA) is 18.5 Å². The van der Waals surface area contributed by atoms with Crippen molar-refractivity contribution in [3.05, 3.63) is 101 Å². The first-order valence-electron chi connectivity index (χ1n) is 10.6. The Morgan fingerprint density at radius 1 is 0.800 bits per heavy atom. The van der Waals surface area contributed by atoms with Gasteiger partial charge in [-0.1, -0.05) is 78.4 Å². The van der Waals surface area contributed by atoms with Crippen molar-refractivity contribution in [3.8, 4) is 0 Å². The molecule has 1 heterocycles. The van der Waals surface area contributed by atoms with Gasteiger partial charge in [0.05, 0.1) is 6.04 Å². The lowest BCUT2D eigenvalue weighted by molar-refractivity contribution is 0.151. The molecule has 30 heavy (non-hydrogen) atoms. The summed E-state index contributed by atoms with van der Waals surface area (Å²) in [5.41, 5.74) is 6.27. The molecule has 1 aliphatic rings. The number of nitrogens with zero attached hydrogens (tertiary/aromatic N) is 2. The van der Waals surface area contributed by atoms with E-state index in [0.717, 1.165) is 37.0 Å². The van der Waals surface area contributed by atoms with Crippen LogP contribution in [-0.2, 0) is 0 Å². The van der Waals surface area contributed by atoms with Crippen LogP contribution in [0.25, 0.3) is 0 Å². The standard InChI is InChI=1S/C26H29N3S/c1-20-13-14-24(21(2)19-20)27-26(30)29-17-15-28(16-18-29)25(22-9-5-3-6-10-22)23-11-7-4-8-12-23/h3-14,19,25H,15-18H2,1-2H3,(H,27,30). The van der Waals surface area contributed by atoms with Crippen molar-refractivity contribution in [2.24, 2.45) is 0 Å². The number of hydrogen-bond donors (Lipinski definition) is 1. The Morgan fingerprint density at radius 3 is 1.90 bits per heavy atom. The van der Waals surface area contributed by atoms with Crippen LogP contribution in [0.2, 0.25) is 0 Å². The van der Waals surface area contributed by atoms with Gasteiger partial charge in [-0.15, -0.1) is 0 Å². The zero-order valence-electron chi connectivity index (χ0n) is 17.7. The van der Waals surface area contributed by atoms with Crippen molar-refractivity contribution in [3.63, 3.8) is 0 Å². The minimum absolute atomic E-state index is 0.274. The van der Waals surface area contributed by atoms with E-state index in [-0.39, 0.29) is 6.04 Å². The summed E-state index contributed by atoms with van der Waals surface area (Å²) in [6.07, 6.45) is 0. The summed E-state index contributed by atoms with van der Waals surface area (Å²) in [6.45, 7) is 8.04. The summed E-state index contributed by atoms with van der Waals surface area (Å²) in [5, 5.41) is 4.27. The SMILES string of the molecule is Cc1ccc(NC(=S)N2CCN(C(c3ccccc3)c3ccccc3)CC2)c(C)c1. The van der Waals surface area contributed by atoms with Gasteiger partial charge in [0.2, 0.25) is 0 Å². The van der Waals surface area contributed by atoms with Gasteiger partial charge < -0.3 is 10.2 Å². The van der Waals surface area contributed by atoms with Gasteiger partial charge in [-0.05, 0) is 48.8 Å². The fourth-order valence-corrected chi connectivity index (χ4v) is 4.51. The maximum Gasteiger partial charge on any atom is 0.173 e. The van der Waals surface area contributed by atoms with Crippen LogP contribution < -0.4 is 5.32 Å². The summed E-state index contributed by atoms with van der Waals surface area (Å²) in [6, 6.07) is 28.3. The molecular weight excluding hydrogens is 386 g/mol. The van der Waals surface area contributed by atoms with Gasteiger partial charge in [-0.25, -0.2) is 0 Å². The van der Waals surface area contributed by atoms with Crippen molar-refractivity contribution in [2.75, 3.05) is 31.5 Å². The Labute approximate surface area is 185 Å². The maximum atomic E-state index is 5.74. The molecule has 0 aliphatic carbocycles. The van der Waals surface area contributed by atoms with E-state index in [9.17, 15) is 0 Å². The number of piperazine rings is 1. The Hall–Kier alpha value is -2.69. The Bertz CT molecular complexity index is 940. The largest absolute Gasteiger partial charge is 0.346 e. The zero-order chi connectivity index (χ0) is 20.9. The molecule has 1 saturated heterocycles. The molecule has 0 aromatic heterocycles. The summed E-state index contributed by atoms with van der Waals surface area (Å²) in [4.78, 5) is 4.86. The number of hydrogen-bond acceptors (Lipinski definition) is 2. The fourth-order valence-electron chi connectivity index (χ4n) is 4.22. The van der Waals surface area contributed by atoms with Crippen LogP contribution in [-0.4, -0.2) is 41.1 Å². The molecule has 4 heteroatoms. The van der Waals surface area contributed by atoms with E-state index in [2.05, 4.69) is 108 Å². The van der Waals surface area contributed by atoms with E-state index in [0.29, 0.717) is 0 Å². The minimum Gasteiger partial charge on any atom is -0.346 e. The van der Waals surface area contributed by atoms with Gasteiger partial charge in [0.25, 0.3) is 0 Å². The van der Waals surface area contributed by atoms with E-state index < -0.39 is 0 Å². The smallest absolute Gasteiger partial charge is 0.173 e. The van der Waals surface area contributed by atoms with Crippen LogP contribution >= 0.6 is 12.2 Å². The molecule has 1 fully saturated rings. The molecule has 0 saturated carbocycles. The maximum absolute atomic E-state index is 5.74. The molecule has 1 aliphatic heterocycles. The second-order valence-corrected chi connectivity index (χ2v) is 8.38. The van der Waals surface area contributed by atoms with Crippen molar-refractivity contribution in [2.45, 2.75) is 19.9 Å². The summed E-state index contributed by atoms with van der Waals surface area (Å²) < 4.78 is 0. The number of anilines is 1. The number of nitrogens with one attached hydrogen (secondary N) is 1. The Balaban J connectivity index is 1.45. The Morgan fingerprint density at radius 2 is 1.37 bits per heavy atom. The molecule has 3 aromatic rings. The molecule has 154 valence electrons. The highest BCUT2D eigenvalue weighted by Crippen LogP contribution is 2.29. The minimum atomic E-state index is 0.274. The average molecular weight is 416 g/mol. The predicted molar refractivity (Wildman–Crippen MR) is 130 cm³/mol. The lowest BCUT2D eigenvalue weighted by Gasteiger charge is -2.40. The lowest BCUT2D eigenvalue weighted by atomic mass is 9.96. The number of rotatable bonds is 4. The first-order valence-corrected chi connectivity index (χ1v) is 11.0. The number of aryl methyl sites for hydroxylation is 2. The second kappa shape index (κ2) is 9.41. The summed E-state index contributed by atoms with van der Waals surface area (Å²) >= 11 is 5.74. The van der Waals surface area contributed by atoms with Crippen LogP contribution in [0.4, 0.5) is 5.69 Å². The van der Waals surface area contributed by atoms with Gasteiger partial charge >= 0.3 is 0 Å². The van der Waals surface area contributed by atoms with Crippen LogP contribution in [0.3, 0.4) is 0 Å². The number of benzene rings is 3. The zero-order valence-corrected chi connectivity index (χ0v) is 18.5. The van der Waals surface area contributed by atoms with Crippen molar-refractivity contribution in [1.82, 2.24) is 9.80 Å². The van der Waals surface area contributed by atoms with Crippen molar-refractivity contribution >= 4 is 23.0 Å². The van der Waals surface area contributed by atoms with Crippen molar-refractivity contribution < 1.29 is 0 Å². The molecule has 4 rings (SSSR count). The van der Waals surface area contributed by atoms with Gasteiger partial charge in [-0.2, -0.15) is 0 Å². The molecule has 0 spiro atoms. The quantitative estimate of drug-likeness (QED) is 0.574.